The van der Waals surface area contributed by atoms with Crippen molar-refractivity contribution < 1.29 is 14.6 Å². The number of phenols is 2. The summed E-state index contributed by atoms with van der Waals surface area (Å²) < 4.78 is 5.17. The van der Waals surface area contributed by atoms with Crippen LogP contribution in [0.4, 0.5) is 0 Å². The lowest BCUT2D eigenvalue weighted by atomic mass is 10.0. The summed E-state index contributed by atoms with van der Waals surface area (Å²) in [6, 6.07) is 2.63. The molecule has 0 amide bonds. The lowest BCUT2D eigenvalue weighted by Crippen LogP contribution is -2.00. The summed E-state index contributed by atoms with van der Waals surface area (Å²) in [5, 5.41) is 20.5. The fourth-order valence-electron chi connectivity index (χ4n) is 2.42. The van der Waals surface area contributed by atoms with Crippen molar-refractivity contribution in [2.24, 2.45) is 0 Å². The number of aromatic hydroxyl groups is 2. The van der Waals surface area contributed by atoms with Crippen LogP contribution in [0.2, 0.25) is 0 Å². The molecule has 1 heterocycles. The minimum atomic E-state index is -0.325. The Morgan fingerprint density at radius 1 is 1.22 bits per heavy atom. The van der Waals surface area contributed by atoms with Crippen LogP contribution < -0.4 is 5.43 Å². The van der Waals surface area contributed by atoms with Gasteiger partial charge in [0.1, 0.15) is 22.5 Å². The molecule has 23 heavy (non-hydrogen) atoms. The van der Waals surface area contributed by atoms with Gasteiger partial charge in [0.25, 0.3) is 0 Å². The number of phenolic OH excluding ortho intramolecular Hbond substituents is 2. The van der Waals surface area contributed by atoms with Crippen LogP contribution >= 0.6 is 0 Å². The Kier molecular flexibility index (Phi) is 5.27. The van der Waals surface area contributed by atoms with Crippen LogP contribution in [0, 0.1) is 0 Å². The summed E-state index contributed by atoms with van der Waals surface area (Å²) in [6.07, 6.45) is 7.63. The highest BCUT2D eigenvalue weighted by Crippen LogP contribution is 2.34. The van der Waals surface area contributed by atoms with Crippen LogP contribution in [0.1, 0.15) is 39.2 Å². The average molecular weight is 314 g/mol. The zero-order valence-electron chi connectivity index (χ0n) is 13.7. The van der Waals surface area contributed by atoms with Gasteiger partial charge in [0.15, 0.2) is 5.43 Å². The second-order valence-electron chi connectivity index (χ2n) is 5.96. The predicted octanol–water partition coefficient (Wildman–Crippen LogP) is 4.44. The molecule has 2 aromatic rings. The normalized spacial score (nSPS) is 11.7. The number of hydrogen-bond acceptors (Lipinski definition) is 4. The van der Waals surface area contributed by atoms with Gasteiger partial charge in [-0.05, 0) is 40.0 Å². The van der Waals surface area contributed by atoms with E-state index in [1.165, 1.54) is 29.5 Å². The highest BCUT2D eigenvalue weighted by Gasteiger charge is 2.15. The van der Waals surface area contributed by atoms with Crippen molar-refractivity contribution in [3.05, 3.63) is 57.5 Å². The molecule has 0 atom stereocenters. The molecule has 4 nitrogen and oxygen atoms in total. The van der Waals surface area contributed by atoms with E-state index in [4.69, 9.17) is 4.42 Å². The fraction of sp³-hybridized carbons (Fsp3) is 0.316. The molecule has 2 N–H and O–H groups in total. The Hall–Kier alpha value is -2.49. The monoisotopic (exact) mass is 314 g/mol. The van der Waals surface area contributed by atoms with Crippen LogP contribution in [0.25, 0.3) is 11.0 Å². The average Bonchev–Trinajstić information content (AvgIpc) is 2.46. The zero-order chi connectivity index (χ0) is 17.0. The van der Waals surface area contributed by atoms with E-state index in [0.29, 0.717) is 12.0 Å². The molecule has 0 unspecified atom stereocenters. The van der Waals surface area contributed by atoms with Gasteiger partial charge >= 0.3 is 0 Å². The third-order valence-corrected chi connectivity index (χ3v) is 3.75. The van der Waals surface area contributed by atoms with Gasteiger partial charge in [-0.1, -0.05) is 23.3 Å². The first-order valence-electron chi connectivity index (χ1n) is 7.64. The van der Waals surface area contributed by atoms with Crippen molar-refractivity contribution >= 4 is 11.0 Å². The molecule has 4 heteroatoms. The third kappa shape index (κ3) is 4.03. The standard InChI is InChI=1S/C19H22O4/c1-12(2)5-4-6-13(3)7-8-14-16(21)11-17-18(19(14)22)15(20)9-10-23-17/h5,7,9-11,21-22H,4,6,8H2,1-3H3. The van der Waals surface area contributed by atoms with Crippen LogP contribution in [-0.2, 0) is 6.42 Å². The van der Waals surface area contributed by atoms with Gasteiger partial charge < -0.3 is 14.6 Å². The highest BCUT2D eigenvalue weighted by atomic mass is 16.3. The molecule has 0 spiro atoms. The maximum atomic E-state index is 11.9. The van der Waals surface area contributed by atoms with E-state index in [0.717, 1.165) is 12.8 Å². The van der Waals surface area contributed by atoms with Crippen molar-refractivity contribution in [1.82, 2.24) is 0 Å². The number of allylic oxidation sites excluding steroid dienone is 4. The van der Waals surface area contributed by atoms with E-state index in [-0.39, 0.29) is 27.9 Å². The van der Waals surface area contributed by atoms with Crippen molar-refractivity contribution in [2.45, 2.75) is 40.0 Å². The van der Waals surface area contributed by atoms with Gasteiger partial charge in [0.05, 0.1) is 6.26 Å². The summed E-state index contributed by atoms with van der Waals surface area (Å²) in [5.41, 5.74) is 2.66. The molecule has 0 bridgehead atoms. The Balaban J connectivity index is 2.28. The number of benzene rings is 1. The Bertz CT molecular complexity index is 821. The molecule has 2 rings (SSSR count). The largest absolute Gasteiger partial charge is 0.507 e. The molecule has 0 radical (unpaired) electrons. The predicted molar refractivity (Wildman–Crippen MR) is 91.9 cm³/mol. The minimum absolute atomic E-state index is 0.0716. The van der Waals surface area contributed by atoms with Gasteiger partial charge in [0.2, 0.25) is 0 Å². The van der Waals surface area contributed by atoms with Crippen LogP contribution in [0.3, 0.4) is 0 Å². The maximum absolute atomic E-state index is 11.9. The smallest absolute Gasteiger partial charge is 0.196 e. The molecule has 0 aliphatic carbocycles. The van der Waals surface area contributed by atoms with Crippen molar-refractivity contribution in [2.75, 3.05) is 0 Å². The van der Waals surface area contributed by atoms with Crippen molar-refractivity contribution in [3.63, 3.8) is 0 Å². The van der Waals surface area contributed by atoms with Crippen LogP contribution in [0.15, 0.2) is 50.9 Å². The molecule has 0 aliphatic heterocycles. The SMILES string of the molecule is CC(C)=CCCC(C)=CCc1c(O)cc2occc(=O)c2c1O. The number of fused-ring (bicyclic) bond motifs is 1. The van der Waals surface area contributed by atoms with Gasteiger partial charge in [-0.3, -0.25) is 4.79 Å². The maximum Gasteiger partial charge on any atom is 0.196 e. The van der Waals surface area contributed by atoms with E-state index in [2.05, 4.69) is 19.9 Å². The zero-order valence-corrected chi connectivity index (χ0v) is 13.7. The molecule has 0 saturated carbocycles. The minimum Gasteiger partial charge on any atom is -0.507 e. The van der Waals surface area contributed by atoms with E-state index in [1.807, 2.05) is 13.0 Å². The van der Waals surface area contributed by atoms with Gasteiger partial charge in [-0.2, -0.15) is 0 Å². The van der Waals surface area contributed by atoms with E-state index >= 15 is 0 Å². The lowest BCUT2D eigenvalue weighted by molar-refractivity contribution is 0.442. The number of rotatable bonds is 5. The summed E-state index contributed by atoms with van der Waals surface area (Å²) in [7, 11) is 0. The van der Waals surface area contributed by atoms with Crippen LogP contribution in [0.5, 0.6) is 11.5 Å². The van der Waals surface area contributed by atoms with E-state index in [1.54, 1.807) is 0 Å². The van der Waals surface area contributed by atoms with Gasteiger partial charge in [-0.25, -0.2) is 0 Å². The summed E-state index contributed by atoms with van der Waals surface area (Å²) in [5.74, 6) is -0.277. The fourth-order valence-corrected chi connectivity index (χ4v) is 2.42. The van der Waals surface area contributed by atoms with E-state index in [9.17, 15) is 15.0 Å². The summed E-state index contributed by atoms with van der Waals surface area (Å²) in [4.78, 5) is 11.9. The molecule has 1 aromatic heterocycles. The van der Waals surface area contributed by atoms with E-state index < -0.39 is 0 Å². The first kappa shape index (κ1) is 16.9. The van der Waals surface area contributed by atoms with Gasteiger partial charge in [-0.15, -0.1) is 0 Å². The highest BCUT2D eigenvalue weighted by molar-refractivity contribution is 5.86. The second kappa shape index (κ2) is 7.18. The van der Waals surface area contributed by atoms with Gasteiger partial charge in [0, 0.05) is 17.7 Å². The summed E-state index contributed by atoms with van der Waals surface area (Å²) >= 11 is 0. The third-order valence-electron chi connectivity index (χ3n) is 3.75. The summed E-state index contributed by atoms with van der Waals surface area (Å²) in [6.45, 7) is 6.15. The molecule has 0 saturated heterocycles. The Morgan fingerprint density at radius 2 is 1.96 bits per heavy atom. The second-order valence-corrected chi connectivity index (χ2v) is 5.96. The topological polar surface area (TPSA) is 70.7 Å². The molecule has 0 aliphatic rings. The molecule has 0 fully saturated rings. The Morgan fingerprint density at radius 3 is 2.65 bits per heavy atom. The van der Waals surface area contributed by atoms with Crippen LogP contribution in [-0.4, -0.2) is 10.2 Å². The molecular formula is C19H22O4. The Labute approximate surface area is 135 Å². The quantitative estimate of drug-likeness (QED) is 0.800. The molecule has 1 aromatic carbocycles. The molecular weight excluding hydrogens is 292 g/mol. The first-order chi connectivity index (χ1) is 10.9. The molecule has 122 valence electrons. The lowest BCUT2D eigenvalue weighted by Gasteiger charge is -2.08. The first-order valence-corrected chi connectivity index (χ1v) is 7.64. The number of hydrogen-bond donors (Lipinski definition) is 2. The van der Waals surface area contributed by atoms with Crippen molar-refractivity contribution in [3.8, 4) is 11.5 Å². The van der Waals surface area contributed by atoms with Crippen molar-refractivity contribution in [1.29, 1.82) is 0 Å².